The van der Waals surface area contributed by atoms with Crippen LogP contribution in [-0.2, 0) is 4.79 Å². The Kier molecular flexibility index (Phi) is 4.34. The van der Waals surface area contributed by atoms with Crippen molar-refractivity contribution in [2.24, 2.45) is 5.92 Å². The van der Waals surface area contributed by atoms with E-state index in [0.717, 1.165) is 48.7 Å². The highest BCUT2D eigenvalue weighted by atomic mass is 32.1. The average molecular weight is 328 g/mol. The van der Waals surface area contributed by atoms with Crippen LogP contribution in [0.2, 0.25) is 0 Å². The van der Waals surface area contributed by atoms with Gasteiger partial charge in [0.2, 0.25) is 5.91 Å². The number of nitrogens with zero attached hydrogens (tertiary/aromatic N) is 2. The highest BCUT2D eigenvalue weighted by Gasteiger charge is 2.32. The summed E-state index contributed by atoms with van der Waals surface area (Å²) in [7, 11) is 0. The number of likely N-dealkylation sites (tertiary alicyclic amines) is 1. The van der Waals surface area contributed by atoms with Gasteiger partial charge in [-0.3, -0.25) is 4.79 Å². The Morgan fingerprint density at radius 3 is 2.83 bits per heavy atom. The van der Waals surface area contributed by atoms with Crippen LogP contribution in [0.1, 0.15) is 62.4 Å². The van der Waals surface area contributed by atoms with Crippen LogP contribution in [0.15, 0.2) is 24.3 Å². The summed E-state index contributed by atoms with van der Waals surface area (Å²) in [6, 6.07) is 8.49. The molecule has 1 aromatic carbocycles. The summed E-state index contributed by atoms with van der Waals surface area (Å²) in [6.07, 6.45) is 9.36. The second kappa shape index (κ2) is 6.60. The fourth-order valence-electron chi connectivity index (χ4n) is 4.12. The van der Waals surface area contributed by atoms with Gasteiger partial charge in [0.1, 0.15) is 5.01 Å². The minimum absolute atomic E-state index is 0.212. The van der Waals surface area contributed by atoms with E-state index in [9.17, 15) is 4.79 Å². The smallest absolute Gasteiger partial charge is 0.223 e. The predicted molar refractivity (Wildman–Crippen MR) is 94.5 cm³/mol. The van der Waals surface area contributed by atoms with Gasteiger partial charge in [-0.05, 0) is 37.3 Å². The first-order chi connectivity index (χ1) is 11.3. The van der Waals surface area contributed by atoms with Gasteiger partial charge in [0.15, 0.2) is 0 Å². The van der Waals surface area contributed by atoms with Crippen molar-refractivity contribution in [1.29, 1.82) is 0 Å². The van der Waals surface area contributed by atoms with Crippen LogP contribution >= 0.6 is 11.3 Å². The molecule has 1 aromatic heterocycles. The third kappa shape index (κ3) is 3.14. The van der Waals surface area contributed by atoms with Crippen molar-refractivity contribution in [3.8, 4) is 0 Å². The van der Waals surface area contributed by atoms with Crippen LogP contribution in [0, 0.1) is 5.92 Å². The molecule has 4 rings (SSSR count). The molecule has 1 amide bonds. The molecule has 1 saturated carbocycles. The minimum Gasteiger partial charge on any atom is -0.333 e. The first kappa shape index (κ1) is 15.1. The largest absolute Gasteiger partial charge is 0.333 e. The molecule has 2 fully saturated rings. The van der Waals surface area contributed by atoms with Crippen molar-refractivity contribution in [3.05, 3.63) is 29.3 Å². The van der Waals surface area contributed by atoms with Crippen LogP contribution in [-0.4, -0.2) is 22.3 Å². The molecule has 1 unspecified atom stereocenters. The summed E-state index contributed by atoms with van der Waals surface area (Å²) in [4.78, 5) is 19.6. The molecule has 0 bridgehead atoms. The fourth-order valence-corrected chi connectivity index (χ4v) is 5.24. The number of amides is 1. The summed E-state index contributed by atoms with van der Waals surface area (Å²) in [5, 5.41) is 1.12. The number of benzene rings is 1. The van der Waals surface area contributed by atoms with Gasteiger partial charge in [0, 0.05) is 13.0 Å². The lowest BCUT2D eigenvalue weighted by Gasteiger charge is -2.23. The molecule has 1 saturated heterocycles. The molecule has 122 valence electrons. The average Bonchev–Trinajstić information content (AvgIpc) is 3.31. The lowest BCUT2D eigenvalue weighted by atomic mass is 10.0. The maximum absolute atomic E-state index is 12.7. The Labute approximate surface area is 141 Å². The van der Waals surface area contributed by atoms with Gasteiger partial charge in [-0.25, -0.2) is 4.98 Å². The molecule has 3 nitrogen and oxygen atoms in total. The topological polar surface area (TPSA) is 33.2 Å². The Morgan fingerprint density at radius 1 is 1.17 bits per heavy atom. The van der Waals surface area contributed by atoms with E-state index in [4.69, 9.17) is 4.98 Å². The van der Waals surface area contributed by atoms with E-state index in [1.807, 2.05) is 6.07 Å². The third-order valence-electron chi connectivity index (χ3n) is 5.41. The number of hydrogen-bond acceptors (Lipinski definition) is 3. The maximum Gasteiger partial charge on any atom is 0.223 e. The number of hydrogen-bond donors (Lipinski definition) is 0. The van der Waals surface area contributed by atoms with Gasteiger partial charge in [0.05, 0.1) is 16.3 Å². The highest BCUT2D eigenvalue weighted by Crippen LogP contribution is 2.37. The zero-order valence-electron chi connectivity index (χ0n) is 13.5. The molecule has 23 heavy (non-hydrogen) atoms. The Morgan fingerprint density at radius 2 is 2.00 bits per heavy atom. The van der Waals surface area contributed by atoms with Crippen molar-refractivity contribution in [2.45, 2.75) is 57.4 Å². The fraction of sp³-hybridized carbons (Fsp3) is 0.579. The summed E-state index contributed by atoms with van der Waals surface area (Å²) in [5.41, 5.74) is 1.07. The number of aromatic nitrogens is 1. The van der Waals surface area contributed by atoms with Crippen molar-refractivity contribution < 1.29 is 4.79 Å². The first-order valence-corrected chi connectivity index (χ1v) is 9.78. The van der Waals surface area contributed by atoms with E-state index < -0.39 is 0 Å². The van der Waals surface area contributed by atoms with E-state index in [0.29, 0.717) is 5.91 Å². The third-order valence-corrected chi connectivity index (χ3v) is 6.55. The molecule has 1 aliphatic carbocycles. The van der Waals surface area contributed by atoms with Crippen LogP contribution < -0.4 is 0 Å². The SMILES string of the molecule is O=C(CCC1CCCC1)N1CCCC1c1nc2ccccc2s1. The van der Waals surface area contributed by atoms with E-state index in [2.05, 4.69) is 23.1 Å². The molecule has 2 aromatic rings. The van der Waals surface area contributed by atoms with Gasteiger partial charge < -0.3 is 4.90 Å². The Hall–Kier alpha value is -1.42. The summed E-state index contributed by atoms with van der Waals surface area (Å²) >= 11 is 1.75. The predicted octanol–water partition coefficient (Wildman–Crippen LogP) is 4.93. The van der Waals surface area contributed by atoms with E-state index in [1.165, 1.54) is 30.4 Å². The molecule has 1 atom stereocenters. The number of thiazole rings is 1. The van der Waals surface area contributed by atoms with Crippen LogP contribution in [0.3, 0.4) is 0 Å². The van der Waals surface area contributed by atoms with E-state index in [1.54, 1.807) is 11.3 Å². The molecule has 0 spiro atoms. The van der Waals surface area contributed by atoms with Gasteiger partial charge in [-0.2, -0.15) is 0 Å². The van der Waals surface area contributed by atoms with Crippen molar-refractivity contribution in [1.82, 2.24) is 9.88 Å². The number of carbonyl (C=O) groups excluding carboxylic acids is 1. The summed E-state index contributed by atoms with van der Waals surface area (Å²) in [5.74, 6) is 1.14. The highest BCUT2D eigenvalue weighted by molar-refractivity contribution is 7.18. The van der Waals surface area contributed by atoms with Gasteiger partial charge in [-0.15, -0.1) is 11.3 Å². The molecule has 1 aliphatic heterocycles. The number of carbonyl (C=O) groups is 1. The van der Waals surface area contributed by atoms with Gasteiger partial charge >= 0.3 is 0 Å². The van der Waals surface area contributed by atoms with Crippen molar-refractivity contribution in [3.63, 3.8) is 0 Å². The summed E-state index contributed by atoms with van der Waals surface area (Å²) < 4.78 is 1.23. The zero-order chi connectivity index (χ0) is 15.6. The molecule has 2 aliphatic rings. The molecule has 4 heteroatoms. The minimum atomic E-state index is 0.212. The van der Waals surface area contributed by atoms with Crippen molar-refractivity contribution >= 4 is 27.5 Å². The second-order valence-electron chi connectivity index (χ2n) is 6.95. The zero-order valence-corrected chi connectivity index (χ0v) is 14.4. The molecular formula is C19H24N2OS. The van der Waals surface area contributed by atoms with Gasteiger partial charge in [0.25, 0.3) is 0 Å². The van der Waals surface area contributed by atoms with Crippen LogP contribution in [0.4, 0.5) is 0 Å². The monoisotopic (exact) mass is 328 g/mol. The lowest BCUT2D eigenvalue weighted by molar-refractivity contribution is -0.132. The molecule has 0 radical (unpaired) electrons. The van der Waals surface area contributed by atoms with Gasteiger partial charge in [-0.1, -0.05) is 37.8 Å². The maximum atomic E-state index is 12.7. The number of rotatable bonds is 4. The van der Waals surface area contributed by atoms with Crippen molar-refractivity contribution in [2.75, 3.05) is 6.54 Å². The summed E-state index contributed by atoms with van der Waals surface area (Å²) in [6.45, 7) is 0.907. The molecule has 0 N–H and O–H groups in total. The normalized spacial score (nSPS) is 22.3. The second-order valence-corrected chi connectivity index (χ2v) is 8.02. The molecule has 2 heterocycles. The molecular weight excluding hydrogens is 304 g/mol. The number of para-hydroxylation sites is 1. The Balaban J connectivity index is 1.46. The van der Waals surface area contributed by atoms with E-state index >= 15 is 0 Å². The first-order valence-electron chi connectivity index (χ1n) is 8.96. The van der Waals surface area contributed by atoms with Crippen LogP contribution in [0.25, 0.3) is 10.2 Å². The van der Waals surface area contributed by atoms with E-state index in [-0.39, 0.29) is 6.04 Å². The quantitative estimate of drug-likeness (QED) is 0.797. The lowest BCUT2D eigenvalue weighted by Crippen LogP contribution is -2.30. The number of fused-ring (bicyclic) bond motifs is 1. The Bertz CT molecular complexity index is 656. The van der Waals surface area contributed by atoms with Crippen LogP contribution in [0.5, 0.6) is 0 Å². The standard InChI is InChI=1S/C19H24N2OS/c22-18(12-11-14-6-1-2-7-14)21-13-5-9-16(21)19-20-15-8-3-4-10-17(15)23-19/h3-4,8,10,14,16H,1-2,5-7,9,11-13H2.